The van der Waals surface area contributed by atoms with Gasteiger partial charge in [-0.3, -0.25) is 4.79 Å². The van der Waals surface area contributed by atoms with Crippen LogP contribution in [0.15, 0.2) is 72.9 Å². The van der Waals surface area contributed by atoms with Gasteiger partial charge in [0.1, 0.15) is 22.8 Å². The Morgan fingerprint density at radius 1 is 0.947 bits per heavy atom. The van der Waals surface area contributed by atoms with Crippen molar-refractivity contribution in [3.05, 3.63) is 84.2 Å². The number of ether oxygens (including phenoxy) is 2. The van der Waals surface area contributed by atoms with E-state index in [0.717, 1.165) is 17.8 Å². The molecule has 7 nitrogen and oxygen atoms in total. The lowest BCUT2D eigenvalue weighted by Gasteiger charge is -2.24. The summed E-state index contributed by atoms with van der Waals surface area (Å²) < 4.78 is 49.4. The molecule has 200 valence electrons. The Kier molecular flexibility index (Phi) is 7.61. The second-order valence-electron chi connectivity index (χ2n) is 10.0. The van der Waals surface area contributed by atoms with Gasteiger partial charge < -0.3 is 19.7 Å². The molecule has 2 amide bonds. The van der Waals surface area contributed by atoms with Gasteiger partial charge in [0.2, 0.25) is 5.91 Å². The molecule has 0 saturated carbocycles. The summed E-state index contributed by atoms with van der Waals surface area (Å²) >= 11 is 0. The number of carbonyl (C=O) groups is 2. The molecular formula is C28H28F3N3O4. The predicted molar refractivity (Wildman–Crippen MR) is 135 cm³/mol. The first-order valence-electron chi connectivity index (χ1n) is 12.0. The smallest absolute Gasteiger partial charge is 0.433 e. The lowest BCUT2D eigenvalue weighted by molar-refractivity contribution is -0.141. The topological polar surface area (TPSA) is 80.8 Å². The Hall–Kier alpha value is -4.08. The number of likely N-dealkylation sites (tertiary alicyclic amines) is 1. The highest BCUT2D eigenvalue weighted by atomic mass is 19.4. The van der Waals surface area contributed by atoms with Gasteiger partial charge >= 0.3 is 12.3 Å². The van der Waals surface area contributed by atoms with E-state index in [4.69, 9.17) is 9.47 Å². The van der Waals surface area contributed by atoms with Crippen molar-refractivity contribution in [2.75, 3.05) is 18.4 Å². The SMILES string of the molecule is CC(C)(C)OC(=O)N1C[C@H](C(=O)Nc2cccc(Oc3ccc(C(F)(F)F)nc3)c2)[C@@H](c2ccccc2)C1. The molecule has 0 aliphatic carbocycles. The molecule has 1 aliphatic heterocycles. The number of anilines is 1. The highest BCUT2D eigenvalue weighted by Crippen LogP contribution is 2.35. The van der Waals surface area contributed by atoms with Crippen molar-refractivity contribution in [3.63, 3.8) is 0 Å². The minimum absolute atomic E-state index is 0.120. The zero-order valence-electron chi connectivity index (χ0n) is 21.2. The van der Waals surface area contributed by atoms with Crippen LogP contribution in [-0.4, -0.2) is 40.6 Å². The van der Waals surface area contributed by atoms with E-state index >= 15 is 0 Å². The molecule has 0 spiro atoms. The monoisotopic (exact) mass is 527 g/mol. The van der Waals surface area contributed by atoms with Crippen molar-refractivity contribution in [2.24, 2.45) is 5.92 Å². The fourth-order valence-corrected chi connectivity index (χ4v) is 4.20. The van der Waals surface area contributed by atoms with Gasteiger partial charge in [0.05, 0.1) is 12.1 Å². The highest BCUT2D eigenvalue weighted by Gasteiger charge is 2.41. The van der Waals surface area contributed by atoms with E-state index in [0.29, 0.717) is 18.0 Å². The molecule has 0 radical (unpaired) electrons. The molecule has 2 atom stereocenters. The molecule has 4 rings (SSSR count). The highest BCUT2D eigenvalue weighted by molar-refractivity contribution is 5.94. The Morgan fingerprint density at radius 2 is 1.68 bits per heavy atom. The van der Waals surface area contributed by atoms with E-state index in [1.165, 1.54) is 6.07 Å². The van der Waals surface area contributed by atoms with Gasteiger partial charge in [-0.2, -0.15) is 13.2 Å². The summed E-state index contributed by atoms with van der Waals surface area (Å²) in [5.41, 5.74) is -0.306. The van der Waals surface area contributed by atoms with Crippen LogP contribution in [0.4, 0.5) is 23.7 Å². The summed E-state index contributed by atoms with van der Waals surface area (Å²) in [6, 6.07) is 18.0. The number of aromatic nitrogens is 1. The van der Waals surface area contributed by atoms with Crippen LogP contribution in [0.5, 0.6) is 11.5 Å². The van der Waals surface area contributed by atoms with E-state index in [-0.39, 0.29) is 24.1 Å². The number of alkyl halides is 3. The maximum atomic E-state index is 13.4. The summed E-state index contributed by atoms with van der Waals surface area (Å²) in [6.07, 6.45) is -4.03. The van der Waals surface area contributed by atoms with Crippen molar-refractivity contribution in [1.29, 1.82) is 0 Å². The van der Waals surface area contributed by atoms with Crippen molar-refractivity contribution in [2.45, 2.75) is 38.5 Å². The van der Waals surface area contributed by atoms with E-state index < -0.39 is 29.5 Å². The molecule has 38 heavy (non-hydrogen) atoms. The summed E-state index contributed by atoms with van der Waals surface area (Å²) in [6.45, 7) is 5.88. The number of nitrogens with one attached hydrogen (secondary N) is 1. The third-order valence-electron chi connectivity index (χ3n) is 5.90. The van der Waals surface area contributed by atoms with Crippen molar-refractivity contribution >= 4 is 17.7 Å². The number of hydrogen-bond acceptors (Lipinski definition) is 5. The zero-order valence-corrected chi connectivity index (χ0v) is 21.2. The maximum absolute atomic E-state index is 13.4. The van der Waals surface area contributed by atoms with Crippen molar-refractivity contribution in [1.82, 2.24) is 9.88 Å². The van der Waals surface area contributed by atoms with Crippen LogP contribution < -0.4 is 10.1 Å². The van der Waals surface area contributed by atoms with Gasteiger partial charge in [-0.1, -0.05) is 36.4 Å². The Bertz CT molecular complexity index is 1270. The third kappa shape index (κ3) is 6.81. The van der Waals surface area contributed by atoms with Gasteiger partial charge in [0.25, 0.3) is 0 Å². The number of hydrogen-bond donors (Lipinski definition) is 1. The lowest BCUT2D eigenvalue weighted by atomic mass is 9.88. The Labute approximate surface area is 218 Å². The van der Waals surface area contributed by atoms with Gasteiger partial charge in [0, 0.05) is 30.8 Å². The molecule has 1 saturated heterocycles. The van der Waals surface area contributed by atoms with Crippen LogP contribution in [0.2, 0.25) is 0 Å². The lowest BCUT2D eigenvalue weighted by Crippen LogP contribution is -2.36. The standard InChI is InChI=1S/C28H28F3N3O4/c1-27(2,3)38-26(36)34-16-22(18-8-5-4-6-9-18)23(17-34)25(35)33-19-10-7-11-20(14-19)37-21-12-13-24(32-15-21)28(29,30)31/h4-15,22-23H,16-17H2,1-3H3,(H,33,35)/t22-,23+/m1/s1. The number of nitrogens with zero attached hydrogens (tertiary/aromatic N) is 2. The third-order valence-corrected chi connectivity index (χ3v) is 5.90. The molecule has 0 bridgehead atoms. The van der Waals surface area contributed by atoms with Gasteiger partial charge in [0.15, 0.2) is 0 Å². The minimum Gasteiger partial charge on any atom is -0.456 e. The Morgan fingerprint density at radius 3 is 2.32 bits per heavy atom. The van der Waals surface area contributed by atoms with Crippen LogP contribution in [0.25, 0.3) is 0 Å². The summed E-state index contributed by atoms with van der Waals surface area (Å²) in [5.74, 6) is -0.617. The number of pyridine rings is 1. The predicted octanol–water partition coefficient (Wildman–Crippen LogP) is 6.48. The first-order chi connectivity index (χ1) is 17.9. The molecule has 1 N–H and O–H groups in total. The maximum Gasteiger partial charge on any atom is 0.433 e. The number of rotatable bonds is 5. The average molecular weight is 528 g/mol. The van der Waals surface area contributed by atoms with E-state index in [1.807, 2.05) is 30.3 Å². The van der Waals surface area contributed by atoms with Crippen molar-refractivity contribution in [3.8, 4) is 11.5 Å². The molecule has 3 aromatic rings. The molecule has 2 heterocycles. The summed E-state index contributed by atoms with van der Waals surface area (Å²) in [7, 11) is 0. The van der Waals surface area contributed by atoms with Gasteiger partial charge in [-0.05, 0) is 50.6 Å². The number of amides is 2. The number of carbonyl (C=O) groups excluding carboxylic acids is 2. The molecule has 1 aromatic heterocycles. The van der Waals surface area contributed by atoms with Crippen LogP contribution >= 0.6 is 0 Å². The second-order valence-corrected chi connectivity index (χ2v) is 10.0. The van der Waals surface area contributed by atoms with Crippen LogP contribution in [0, 0.1) is 5.92 Å². The first-order valence-corrected chi connectivity index (χ1v) is 12.0. The van der Waals surface area contributed by atoms with Crippen molar-refractivity contribution < 1.29 is 32.2 Å². The largest absolute Gasteiger partial charge is 0.456 e. The van der Waals surface area contributed by atoms with E-state index in [9.17, 15) is 22.8 Å². The molecule has 2 aromatic carbocycles. The first kappa shape index (κ1) is 27.0. The molecule has 0 unspecified atom stereocenters. The van der Waals surface area contributed by atoms with E-state index in [1.54, 1.807) is 49.9 Å². The second kappa shape index (κ2) is 10.7. The fourth-order valence-electron chi connectivity index (χ4n) is 4.20. The zero-order chi connectivity index (χ0) is 27.5. The summed E-state index contributed by atoms with van der Waals surface area (Å²) in [4.78, 5) is 31.1. The Balaban J connectivity index is 1.48. The van der Waals surface area contributed by atoms with Gasteiger partial charge in [-0.15, -0.1) is 0 Å². The van der Waals surface area contributed by atoms with Crippen LogP contribution in [-0.2, 0) is 15.7 Å². The van der Waals surface area contributed by atoms with Crippen LogP contribution in [0.1, 0.15) is 37.9 Å². The molecular weight excluding hydrogens is 499 g/mol. The normalized spacial score (nSPS) is 17.7. The molecule has 10 heteroatoms. The average Bonchev–Trinajstić information content (AvgIpc) is 3.30. The minimum atomic E-state index is -4.54. The quantitative estimate of drug-likeness (QED) is 0.411. The van der Waals surface area contributed by atoms with Gasteiger partial charge in [-0.25, -0.2) is 9.78 Å². The number of benzene rings is 2. The fraction of sp³-hybridized carbons (Fsp3) is 0.321. The molecule has 1 aliphatic rings. The van der Waals surface area contributed by atoms with E-state index in [2.05, 4.69) is 10.3 Å². The number of halogens is 3. The molecule has 1 fully saturated rings. The summed E-state index contributed by atoms with van der Waals surface area (Å²) in [5, 5.41) is 2.88. The van der Waals surface area contributed by atoms with Crippen LogP contribution in [0.3, 0.4) is 0 Å².